The number of rotatable bonds is 6. The minimum atomic E-state index is -2.04. The van der Waals surface area contributed by atoms with E-state index in [1.807, 2.05) is 0 Å². The molecule has 1 aliphatic heterocycles. The fraction of sp³-hybridized carbons (Fsp3) is 0.229. The van der Waals surface area contributed by atoms with Crippen LogP contribution in [0, 0.1) is 0 Å². The Morgan fingerprint density at radius 3 is 1.98 bits per heavy atom. The summed E-state index contributed by atoms with van der Waals surface area (Å²) >= 11 is -3.99. The molecule has 0 saturated heterocycles. The first-order valence-electron chi connectivity index (χ1n) is 19.2. The van der Waals surface area contributed by atoms with E-state index in [1.165, 1.54) is 37.6 Å². The van der Waals surface area contributed by atoms with Crippen molar-refractivity contribution in [3.63, 3.8) is 0 Å². The topological polar surface area (TPSA) is 31.0 Å². The molecule has 8 aromatic rings. The molecular formula is C48H48Ge2N2O. The minimum absolute atomic E-state index is 0.298. The Kier molecular flexibility index (Phi) is 8.21. The summed E-state index contributed by atoms with van der Waals surface area (Å²) in [6.45, 7) is 9.36. The number of imidazole rings is 1. The number of furan rings is 1. The Balaban J connectivity index is 1.28. The van der Waals surface area contributed by atoms with E-state index in [1.54, 1.807) is 8.79 Å². The number of hydrogen-bond donors (Lipinski definition) is 0. The van der Waals surface area contributed by atoms with Crippen molar-refractivity contribution in [3.05, 3.63) is 132 Å². The maximum atomic E-state index is 6.84. The molecule has 1 aliphatic rings. The number of aromatic nitrogens is 2. The molecule has 53 heavy (non-hydrogen) atoms. The molecule has 0 fully saturated rings. The first-order valence-corrected chi connectivity index (χ1v) is 32.7. The van der Waals surface area contributed by atoms with Crippen LogP contribution in [0.4, 0.5) is 0 Å². The second-order valence-electron chi connectivity index (χ2n) is 17.1. The van der Waals surface area contributed by atoms with Gasteiger partial charge < -0.3 is 0 Å². The Morgan fingerprint density at radius 2 is 1.25 bits per heavy atom. The van der Waals surface area contributed by atoms with Gasteiger partial charge in [-0.3, -0.25) is 0 Å². The van der Waals surface area contributed by atoms with Crippen molar-refractivity contribution >= 4 is 68.3 Å². The van der Waals surface area contributed by atoms with E-state index in [2.05, 4.69) is 177 Å². The molecule has 2 aromatic heterocycles. The van der Waals surface area contributed by atoms with Gasteiger partial charge in [0.1, 0.15) is 5.58 Å². The molecule has 0 spiro atoms. The van der Waals surface area contributed by atoms with Crippen LogP contribution < -0.4 is 8.79 Å². The van der Waals surface area contributed by atoms with E-state index in [0.29, 0.717) is 11.8 Å². The van der Waals surface area contributed by atoms with E-state index in [0.717, 1.165) is 49.9 Å². The first kappa shape index (κ1) is 34.4. The Labute approximate surface area is 318 Å². The summed E-state index contributed by atoms with van der Waals surface area (Å²) in [5.41, 5.74) is 13.8. The van der Waals surface area contributed by atoms with Gasteiger partial charge >= 0.3 is 244 Å². The number of fused-ring (bicyclic) bond motifs is 5. The molecule has 0 saturated carbocycles. The summed E-state index contributed by atoms with van der Waals surface area (Å²) in [7, 11) is 0. The predicted octanol–water partition coefficient (Wildman–Crippen LogP) is 12.6. The van der Waals surface area contributed by atoms with Gasteiger partial charge in [-0.2, -0.15) is 0 Å². The van der Waals surface area contributed by atoms with Gasteiger partial charge in [-0.25, -0.2) is 0 Å². The van der Waals surface area contributed by atoms with Crippen molar-refractivity contribution in [1.82, 2.24) is 9.55 Å². The van der Waals surface area contributed by atoms with Crippen LogP contribution in [0.2, 0.25) is 27.1 Å². The van der Waals surface area contributed by atoms with Crippen molar-refractivity contribution in [3.8, 4) is 39.3 Å². The maximum absolute atomic E-state index is 6.84. The van der Waals surface area contributed by atoms with Crippen LogP contribution in [-0.2, 0) is 0 Å². The Bertz CT molecular complexity index is 2680. The molecule has 264 valence electrons. The summed E-state index contributed by atoms with van der Waals surface area (Å²) in [5, 5.41) is 2.23. The van der Waals surface area contributed by atoms with Gasteiger partial charge in [0.15, 0.2) is 0 Å². The van der Waals surface area contributed by atoms with Crippen LogP contribution in [-0.4, -0.2) is 36.1 Å². The fourth-order valence-corrected chi connectivity index (χ4v) is 56.1. The van der Waals surface area contributed by atoms with Gasteiger partial charge in [0.25, 0.3) is 0 Å². The zero-order chi connectivity index (χ0) is 36.8. The Morgan fingerprint density at radius 1 is 0.585 bits per heavy atom. The van der Waals surface area contributed by atoms with Crippen LogP contribution in [0.1, 0.15) is 50.7 Å². The molecular weight excluding hydrogens is 766 g/mol. The average Bonchev–Trinajstić information content (AvgIpc) is 3.77. The standard InChI is InChI=1S/C48H48Ge2N2O/c1-30(2)39-25-35(33-22-24-41-42(27-33)50(7,8)29-49(41,5)6)26-40(31(3)4)46(39)52-44-20-13-12-19-43(44)51-48(52)38-18-14-17-37-36-23-21-34(28-45(36)53-47(37)38)32-15-10-9-11-16-32/h9-28,30-31H,29H2,1-8H3. The third-order valence-corrected chi connectivity index (χ3v) is 43.7. The van der Waals surface area contributed by atoms with E-state index in [-0.39, 0.29) is 0 Å². The van der Waals surface area contributed by atoms with Crippen LogP contribution in [0.5, 0.6) is 0 Å². The summed E-state index contributed by atoms with van der Waals surface area (Å²) in [4.78, 5) is 5.41. The van der Waals surface area contributed by atoms with Gasteiger partial charge in [-0.05, 0) is 23.3 Å². The molecule has 0 aliphatic carbocycles. The quantitative estimate of drug-likeness (QED) is 0.157. The molecule has 9 rings (SSSR count). The molecule has 0 amide bonds. The van der Waals surface area contributed by atoms with Crippen LogP contribution >= 0.6 is 0 Å². The summed E-state index contributed by atoms with van der Waals surface area (Å²) in [5.74, 6) is 12.0. The Hall–Kier alpha value is -4.32. The fourth-order valence-electron chi connectivity index (χ4n) is 9.37. The van der Waals surface area contributed by atoms with Crippen molar-refractivity contribution in [1.29, 1.82) is 0 Å². The first-order chi connectivity index (χ1) is 25.4. The number of benzene rings is 6. The van der Waals surface area contributed by atoms with Crippen LogP contribution in [0.25, 0.3) is 72.3 Å². The van der Waals surface area contributed by atoms with Crippen molar-refractivity contribution in [2.45, 2.75) is 66.6 Å². The van der Waals surface area contributed by atoms with E-state index < -0.39 is 26.5 Å². The van der Waals surface area contributed by atoms with E-state index >= 15 is 0 Å². The van der Waals surface area contributed by atoms with E-state index in [4.69, 9.17) is 9.40 Å². The molecule has 5 heteroatoms. The van der Waals surface area contributed by atoms with Gasteiger partial charge in [0.2, 0.25) is 0 Å². The third-order valence-electron chi connectivity index (χ3n) is 11.7. The molecule has 0 unspecified atom stereocenters. The SMILES string of the molecule is CC(C)c1cc(-c2cc[c]3[c](c2)[Ge]([CH3])([CH3])[CH2][Ge]3([CH3])[CH3])cc(C(C)C)c1-n1c(-c2cccc3c2oc2cc(-c4ccccc4)ccc23)nc2ccccc21. The zero-order valence-corrected chi connectivity index (χ0v) is 36.4. The molecule has 6 aromatic carbocycles. The third kappa shape index (κ3) is 5.65. The number of hydrogen-bond acceptors (Lipinski definition) is 2. The van der Waals surface area contributed by atoms with Gasteiger partial charge in [0, 0.05) is 5.39 Å². The van der Waals surface area contributed by atoms with Crippen molar-refractivity contribution in [2.24, 2.45) is 0 Å². The molecule has 3 heterocycles. The zero-order valence-electron chi connectivity index (χ0n) is 32.2. The van der Waals surface area contributed by atoms with Crippen molar-refractivity contribution in [2.75, 3.05) is 0 Å². The predicted molar refractivity (Wildman–Crippen MR) is 232 cm³/mol. The van der Waals surface area contributed by atoms with Gasteiger partial charge in [-0.15, -0.1) is 0 Å². The van der Waals surface area contributed by atoms with Crippen molar-refractivity contribution < 1.29 is 4.42 Å². The van der Waals surface area contributed by atoms with E-state index in [9.17, 15) is 0 Å². The second kappa shape index (κ2) is 12.6. The normalized spacial score (nSPS) is 15.0. The number of para-hydroxylation sites is 3. The van der Waals surface area contributed by atoms with Crippen LogP contribution in [0.15, 0.2) is 126 Å². The molecule has 3 nitrogen and oxygen atoms in total. The number of nitrogens with zero attached hydrogens (tertiary/aromatic N) is 2. The summed E-state index contributed by atoms with van der Waals surface area (Å²) in [6.07, 6.45) is 0. The summed E-state index contributed by atoms with van der Waals surface area (Å²) < 4.78 is 14.3. The van der Waals surface area contributed by atoms with Gasteiger partial charge in [-0.1, -0.05) is 42.5 Å². The molecule has 0 bridgehead atoms. The molecule has 0 N–H and O–H groups in total. The molecule has 0 atom stereocenters. The molecule has 0 radical (unpaired) electrons. The second-order valence-corrected chi connectivity index (χ2v) is 39.8. The van der Waals surface area contributed by atoms with Crippen LogP contribution in [0.3, 0.4) is 0 Å². The average molecular weight is 814 g/mol. The monoisotopic (exact) mass is 816 g/mol. The van der Waals surface area contributed by atoms with Gasteiger partial charge in [0.05, 0.1) is 0 Å². The summed E-state index contributed by atoms with van der Waals surface area (Å²) in [6, 6.07) is 44.8.